The number of fused-ring (bicyclic) bond motifs is 1. The van der Waals surface area contributed by atoms with Gasteiger partial charge in [0.2, 0.25) is 0 Å². The molecule has 9 nitrogen and oxygen atoms in total. The Hall–Kier alpha value is -2.97. The molecule has 31 heavy (non-hydrogen) atoms. The van der Waals surface area contributed by atoms with Crippen LogP contribution in [0, 0.1) is 5.92 Å². The van der Waals surface area contributed by atoms with Gasteiger partial charge in [0.05, 0.1) is 18.1 Å². The molecule has 1 aliphatic carbocycles. The number of carbonyl (C=O) groups is 2. The van der Waals surface area contributed by atoms with E-state index in [1.807, 2.05) is 20.8 Å². The minimum absolute atomic E-state index is 0.0471. The van der Waals surface area contributed by atoms with Crippen molar-refractivity contribution in [2.45, 2.75) is 71.4 Å². The molecule has 2 aromatic heterocycles. The summed E-state index contributed by atoms with van der Waals surface area (Å²) in [5.74, 6) is -0.812. The molecule has 1 atom stereocenters. The second-order valence-corrected chi connectivity index (χ2v) is 8.86. The molecule has 0 spiro atoms. The number of nitrogens with zero attached hydrogens (tertiary/aromatic N) is 2. The summed E-state index contributed by atoms with van der Waals surface area (Å²) < 4.78 is 6.30. The fraction of sp³-hybridized carbons (Fsp3) is 0.591. The van der Waals surface area contributed by atoms with E-state index >= 15 is 0 Å². The van der Waals surface area contributed by atoms with Gasteiger partial charge < -0.3 is 10.1 Å². The summed E-state index contributed by atoms with van der Waals surface area (Å²) in [5.41, 5.74) is -1.48. The predicted octanol–water partition coefficient (Wildman–Crippen LogP) is 2.08. The molecule has 3 rings (SSSR count). The number of hydrogen-bond donors (Lipinski definition) is 2. The van der Waals surface area contributed by atoms with Gasteiger partial charge in [0, 0.05) is 18.2 Å². The summed E-state index contributed by atoms with van der Waals surface area (Å²) in [5, 5.41) is 2.81. The maximum Gasteiger partial charge on any atom is 0.331 e. The number of nitrogens with one attached hydrogen (secondary N) is 2. The van der Waals surface area contributed by atoms with E-state index < -0.39 is 28.7 Å². The number of ether oxygens (including phenoxy) is 1. The molecular weight excluding hydrogens is 400 g/mol. The summed E-state index contributed by atoms with van der Waals surface area (Å²) in [6, 6.07) is 1.61. The van der Waals surface area contributed by atoms with E-state index in [9.17, 15) is 19.2 Å². The Bertz CT molecular complexity index is 1130. The van der Waals surface area contributed by atoms with Gasteiger partial charge in [0.15, 0.2) is 5.65 Å². The Kier molecular flexibility index (Phi) is 6.33. The first-order chi connectivity index (χ1) is 14.6. The van der Waals surface area contributed by atoms with Crippen molar-refractivity contribution >= 4 is 22.9 Å². The zero-order valence-corrected chi connectivity index (χ0v) is 18.7. The number of aromatic nitrogens is 3. The SMILES string of the molecule is CCCC(C)(NC(=O)c1cc(C2CC2)nc2c1c(=O)[nH]c(=O)n2CC(C)C)C(=O)OC. The van der Waals surface area contributed by atoms with Crippen molar-refractivity contribution in [1.82, 2.24) is 19.9 Å². The third-order valence-corrected chi connectivity index (χ3v) is 5.53. The third-order valence-electron chi connectivity index (χ3n) is 5.53. The third kappa shape index (κ3) is 4.55. The van der Waals surface area contributed by atoms with E-state index in [2.05, 4.69) is 15.3 Å². The number of rotatable bonds is 8. The topological polar surface area (TPSA) is 123 Å². The van der Waals surface area contributed by atoms with Crippen molar-refractivity contribution in [2.75, 3.05) is 7.11 Å². The molecule has 1 fully saturated rings. The van der Waals surface area contributed by atoms with Gasteiger partial charge in [-0.25, -0.2) is 14.6 Å². The number of aromatic amines is 1. The first-order valence-electron chi connectivity index (χ1n) is 10.7. The minimum Gasteiger partial charge on any atom is -0.467 e. The summed E-state index contributed by atoms with van der Waals surface area (Å²) in [6.07, 6.45) is 2.89. The zero-order chi connectivity index (χ0) is 22.9. The monoisotopic (exact) mass is 430 g/mol. The Balaban J connectivity index is 2.21. The smallest absolute Gasteiger partial charge is 0.331 e. The number of carbonyl (C=O) groups excluding carboxylic acids is 2. The van der Waals surface area contributed by atoms with Crippen molar-refractivity contribution < 1.29 is 14.3 Å². The maximum absolute atomic E-state index is 13.3. The van der Waals surface area contributed by atoms with Crippen LogP contribution in [0.25, 0.3) is 11.0 Å². The second-order valence-electron chi connectivity index (χ2n) is 8.86. The highest BCUT2D eigenvalue weighted by Gasteiger charge is 2.37. The van der Waals surface area contributed by atoms with Gasteiger partial charge in [-0.3, -0.25) is 19.1 Å². The number of H-pyrrole nitrogens is 1. The van der Waals surface area contributed by atoms with E-state index in [-0.39, 0.29) is 28.4 Å². The van der Waals surface area contributed by atoms with Crippen molar-refractivity contribution in [2.24, 2.45) is 5.92 Å². The molecule has 1 saturated carbocycles. The maximum atomic E-state index is 13.3. The van der Waals surface area contributed by atoms with E-state index in [4.69, 9.17) is 4.74 Å². The number of amides is 1. The molecular formula is C22H30N4O5. The molecule has 1 unspecified atom stereocenters. The quantitative estimate of drug-likeness (QED) is 0.618. The van der Waals surface area contributed by atoms with Gasteiger partial charge in [-0.15, -0.1) is 0 Å². The zero-order valence-electron chi connectivity index (χ0n) is 18.7. The average Bonchev–Trinajstić information content (AvgIpc) is 3.54. The Morgan fingerprint density at radius 3 is 2.58 bits per heavy atom. The van der Waals surface area contributed by atoms with Crippen LogP contribution >= 0.6 is 0 Å². The average molecular weight is 431 g/mol. The fourth-order valence-corrected chi connectivity index (χ4v) is 3.85. The summed E-state index contributed by atoms with van der Waals surface area (Å²) in [6.45, 7) is 7.76. The van der Waals surface area contributed by atoms with Crippen LogP contribution in [0.5, 0.6) is 0 Å². The van der Waals surface area contributed by atoms with Crippen molar-refractivity contribution in [3.8, 4) is 0 Å². The molecule has 0 radical (unpaired) electrons. The van der Waals surface area contributed by atoms with Crippen LogP contribution in [0.3, 0.4) is 0 Å². The number of methoxy groups -OCH3 is 1. The van der Waals surface area contributed by atoms with E-state index in [1.165, 1.54) is 11.7 Å². The van der Waals surface area contributed by atoms with Crippen molar-refractivity contribution in [3.63, 3.8) is 0 Å². The van der Waals surface area contributed by atoms with Gasteiger partial charge in [-0.1, -0.05) is 27.2 Å². The molecule has 1 amide bonds. The summed E-state index contributed by atoms with van der Waals surface area (Å²) in [7, 11) is 1.27. The number of hydrogen-bond acceptors (Lipinski definition) is 6. The van der Waals surface area contributed by atoms with Crippen LogP contribution in [0.2, 0.25) is 0 Å². The minimum atomic E-state index is -1.24. The Morgan fingerprint density at radius 2 is 2.03 bits per heavy atom. The van der Waals surface area contributed by atoms with Crippen LogP contribution < -0.4 is 16.6 Å². The molecule has 0 saturated heterocycles. The van der Waals surface area contributed by atoms with Crippen LogP contribution in [0.15, 0.2) is 15.7 Å². The first-order valence-corrected chi connectivity index (χ1v) is 10.7. The lowest BCUT2D eigenvalue weighted by Gasteiger charge is -2.27. The molecule has 2 heterocycles. The van der Waals surface area contributed by atoms with Crippen molar-refractivity contribution in [3.05, 3.63) is 38.2 Å². The normalized spacial score (nSPS) is 15.7. The van der Waals surface area contributed by atoms with Gasteiger partial charge in [-0.05, 0) is 38.2 Å². The molecule has 0 bridgehead atoms. The van der Waals surface area contributed by atoms with Gasteiger partial charge >= 0.3 is 11.7 Å². The van der Waals surface area contributed by atoms with Gasteiger partial charge in [0.1, 0.15) is 5.54 Å². The van der Waals surface area contributed by atoms with E-state index in [0.29, 0.717) is 25.1 Å². The molecule has 9 heteroatoms. The molecule has 2 N–H and O–H groups in total. The van der Waals surface area contributed by atoms with Gasteiger partial charge in [-0.2, -0.15) is 0 Å². The standard InChI is InChI=1S/C22H30N4O5/c1-6-9-22(4,20(29)31-5)25-18(27)14-10-15(13-7-8-13)23-17-16(14)19(28)24-21(30)26(17)11-12(2)3/h10,12-13H,6-9,11H2,1-5H3,(H,25,27)(H,24,28,30). The lowest BCUT2D eigenvalue weighted by molar-refractivity contribution is -0.147. The highest BCUT2D eigenvalue weighted by molar-refractivity contribution is 6.07. The molecule has 1 aliphatic rings. The fourth-order valence-electron chi connectivity index (χ4n) is 3.85. The predicted molar refractivity (Wildman–Crippen MR) is 116 cm³/mol. The van der Waals surface area contributed by atoms with Crippen LogP contribution in [0.1, 0.15) is 75.3 Å². The first kappa shape index (κ1) is 22.7. The molecule has 2 aromatic rings. The van der Waals surface area contributed by atoms with E-state index in [0.717, 1.165) is 12.8 Å². The summed E-state index contributed by atoms with van der Waals surface area (Å²) in [4.78, 5) is 57.9. The highest BCUT2D eigenvalue weighted by atomic mass is 16.5. The lowest BCUT2D eigenvalue weighted by atomic mass is 9.95. The molecule has 168 valence electrons. The second kappa shape index (κ2) is 8.64. The molecule has 0 aliphatic heterocycles. The van der Waals surface area contributed by atoms with E-state index in [1.54, 1.807) is 13.0 Å². The largest absolute Gasteiger partial charge is 0.467 e. The van der Waals surface area contributed by atoms with Crippen LogP contribution in [-0.2, 0) is 16.1 Å². The lowest BCUT2D eigenvalue weighted by Crippen LogP contribution is -2.53. The van der Waals surface area contributed by atoms with Gasteiger partial charge in [0.25, 0.3) is 11.5 Å². The molecule has 0 aromatic carbocycles. The van der Waals surface area contributed by atoms with Crippen LogP contribution in [-0.4, -0.2) is 39.1 Å². The number of pyridine rings is 1. The van der Waals surface area contributed by atoms with Crippen LogP contribution in [0.4, 0.5) is 0 Å². The summed E-state index contributed by atoms with van der Waals surface area (Å²) >= 11 is 0. The Labute approximate surface area is 180 Å². The van der Waals surface area contributed by atoms with Crippen molar-refractivity contribution in [1.29, 1.82) is 0 Å². The Morgan fingerprint density at radius 1 is 1.35 bits per heavy atom. The highest BCUT2D eigenvalue weighted by Crippen LogP contribution is 2.40. The number of esters is 1.